The number of amides is 2. The normalized spacial score (nSPS) is 12.2. The number of hydrogen-bond acceptors (Lipinski definition) is 4. The van der Waals surface area contributed by atoms with E-state index >= 15 is 0 Å². The Balaban J connectivity index is 2.08. The Labute approximate surface area is 236 Å². The number of rotatable bonds is 11. The van der Waals surface area contributed by atoms with Gasteiger partial charge < -0.3 is 10.2 Å². The molecule has 0 aromatic heterocycles. The first-order valence-corrected chi connectivity index (χ1v) is 15.0. The summed E-state index contributed by atoms with van der Waals surface area (Å²) in [5, 5.41) is 3.38. The SMILES string of the molecule is Cc1ccc(N(CC(=O)N(Cc2ccccc2Cl)C(Cc2ccccc2)C(=O)NC(C)C)S(C)(=O)=O)c(C)c1. The van der Waals surface area contributed by atoms with E-state index in [-0.39, 0.29) is 24.9 Å². The Morgan fingerprint density at radius 3 is 2.18 bits per heavy atom. The zero-order valence-corrected chi connectivity index (χ0v) is 24.6. The van der Waals surface area contributed by atoms with Crippen LogP contribution in [0, 0.1) is 13.8 Å². The number of benzene rings is 3. The van der Waals surface area contributed by atoms with Gasteiger partial charge in [0.25, 0.3) is 0 Å². The summed E-state index contributed by atoms with van der Waals surface area (Å²) in [5.74, 6) is -0.841. The zero-order valence-electron chi connectivity index (χ0n) is 23.0. The summed E-state index contributed by atoms with van der Waals surface area (Å²) in [5.41, 5.74) is 3.64. The van der Waals surface area contributed by atoms with Crippen LogP contribution in [0.15, 0.2) is 72.8 Å². The molecule has 0 saturated heterocycles. The lowest BCUT2D eigenvalue weighted by Gasteiger charge is -2.34. The smallest absolute Gasteiger partial charge is 0.244 e. The summed E-state index contributed by atoms with van der Waals surface area (Å²) >= 11 is 6.47. The molecule has 0 bridgehead atoms. The molecule has 3 rings (SSSR count). The highest BCUT2D eigenvalue weighted by atomic mass is 35.5. The van der Waals surface area contributed by atoms with Crippen molar-refractivity contribution in [3.63, 3.8) is 0 Å². The Hall–Kier alpha value is -3.36. The summed E-state index contributed by atoms with van der Waals surface area (Å²) in [6.45, 7) is 6.99. The van der Waals surface area contributed by atoms with E-state index in [1.807, 2.05) is 63.2 Å². The molecule has 0 saturated carbocycles. The molecule has 3 aromatic carbocycles. The number of hydrogen-bond donors (Lipinski definition) is 1. The Bertz CT molecular complexity index is 1410. The van der Waals surface area contributed by atoms with Crippen molar-refractivity contribution < 1.29 is 18.0 Å². The van der Waals surface area contributed by atoms with Gasteiger partial charge in [0.15, 0.2) is 0 Å². The highest BCUT2D eigenvalue weighted by Crippen LogP contribution is 2.25. The fourth-order valence-electron chi connectivity index (χ4n) is 4.42. The van der Waals surface area contributed by atoms with Gasteiger partial charge in [-0.15, -0.1) is 0 Å². The maximum Gasteiger partial charge on any atom is 0.244 e. The van der Waals surface area contributed by atoms with E-state index in [9.17, 15) is 18.0 Å². The van der Waals surface area contributed by atoms with Gasteiger partial charge in [0.1, 0.15) is 12.6 Å². The van der Waals surface area contributed by atoms with Gasteiger partial charge in [-0.3, -0.25) is 13.9 Å². The lowest BCUT2D eigenvalue weighted by Crippen LogP contribution is -2.54. The van der Waals surface area contributed by atoms with Crippen LogP contribution in [-0.2, 0) is 32.6 Å². The molecule has 39 heavy (non-hydrogen) atoms. The maximum absolute atomic E-state index is 14.1. The Kier molecular flexibility index (Phi) is 10.2. The second-order valence-electron chi connectivity index (χ2n) is 10.0. The quantitative estimate of drug-likeness (QED) is 0.356. The van der Waals surface area contributed by atoms with Gasteiger partial charge >= 0.3 is 0 Å². The van der Waals surface area contributed by atoms with Crippen molar-refractivity contribution in [3.8, 4) is 0 Å². The first-order valence-electron chi connectivity index (χ1n) is 12.8. The largest absolute Gasteiger partial charge is 0.352 e. The number of nitrogens with zero attached hydrogens (tertiary/aromatic N) is 2. The topological polar surface area (TPSA) is 86.8 Å². The third-order valence-corrected chi connectivity index (χ3v) is 7.80. The minimum atomic E-state index is -3.83. The Morgan fingerprint density at radius 1 is 0.949 bits per heavy atom. The molecule has 208 valence electrons. The van der Waals surface area contributed by atoms with Crippen molar-refractivity contribution in [2.45, 2.75) is 52.7 Å². The van der Waals surface area contributed by atoms with Crippen LogP contribution in [0.2, 0.25) is 5.02 Å². The molecule has 2 amide bonds. The number of anilines is 1. The average molecular weight is 570 g/mol. The number of nitrogens with one attached hydrogen (secondary N) is 1. The van der Waals surface area contributed by atoms with E-state index < -0.39 is 28.5 Å². The monoisotopic (exact) mass is 569 g/mol. The fraction of sp³-hybridized carbons (Fsp3) is 0.333. The predicted octanol–water partition coefficient (Wildman–Crippen LogP) is 4.89. The lowest BCUT2D eigenvalue weighted by molar-refractivity contribution is -0.140. The molecule has 0 heterocycles. The van der Waals surface area contributed by atoms with E-state index in [4.69, 9.17) is 11.6 Å². The number of halogens is 1. The second kappa shape index (κ2) is 13.1. The van der Waals surface area contributed by atoms with Gasteiger partial charge in [-0.05, 0) is 56.5 Å². The van der Waals surface area contributed by atoms with E-state index in [0.717, 1.165) is 27.3 Å². The van der Waals surface area contributed by atoms with Gasteiger partial charge in [-0.25, -0.2) is 8.42 Å². The van der Waals surface area contributed by atoms with E-state index in [2.05, 4.69) is 5.32 Å². The molecular formula is C30H36ClN3O4S. The van der Waals surface area contributed by atoms with Gasteiger partial charge in [0.2, 0.25) is 21.8 Å². The average Bonchev–Trinajstić information content (AvgIpc) is 2.85. The van der Waals surface area contributed by atoms with Crippen molar-refractivity contribution in [3.05, 3.63) is 100 Å². The van der Waals surface area contributed by atoms with E-state index in [1.54, 1.807) is 37.3 Å². The summed E-state index contributed by atoms with van der Waals surface area (Å²) in [4.78, 5) is 29.1. The second-order valence-corrected chi connectivity index (χ2v) is 12.4. The third-order valence-electron chi connectivity index (χ3n) is 6.30. The summed E-state index contributed by atoms with van der Waals surface area (Å²) in [6, 6.07) is 20.8. The van der Waals surface area contributed by atoms with Crippen LogP contribution in [0.25, 0.3) is 0 Å². The number of carbonyl (C=O) groups excluding carboxylic acids is 2. The van der Waals surface area contributed by atoms with E-state index in [0.29, 0.717) is 16.3 Å². The molecule has 0 aliphatic rings. The van der Waals surface area contributed by atoms with Crippen LogP contribution >= 0.6 is 11.6 Å². The predicted molar refractivity (Wildman–Crippen MR) is 157 cm³/mol. The van der Waals surface area contributed by atoms with Crippen LogP contribution in [0.5, 0.6) is 0 Å². The molecule has 0 radical (unpaired) electrons. The molecule has 1 unspecified atom stereocenters. The molecular weight excluding hydrogens is 534 g/mol. The van der Waals surface area contributed by atoms with Gasteiger partial charge in [-0.1, -0.05) is 77.8 Å². The summed E-state index contributed by atoms with van der Waals surface area (Å²) < 4.78 is 27.0. The van der Waals surface area contributed by atoms with Crippen molar-refractivity contribution in [1.82, 2.24) is 10.2 Å². The minimum absolute atomic E-state index is 0.0337. The van der Waals surface area contributed by atoms with Crippen LogP contribution in [0.1, 0.15) is 36.1 Å². The summed E-state index contributed by atoms with van der Waals surface area (Å²) in [6.07, 6.45) is 1.32. The van der Waals surface area contributed by atoms with Crippen molar-refractivity contribution >= 4 is 39.1 Å². The molecule has 9 heteroatoms. The van der Waals surface area contributed by atoms with Crippen LogP contribution in [-0.4, -0.2) is 50.0 Å². The van der Waals surface area contributed by atoms with E-state index in [1.165, 1.54) is 4.90 Å². The number of sulfonamides is 1. The van der Waals surface area contributed by atoms with Crippen molar-refractivity contribution in [2.24, 2.45) is 0 Å². The number of carbonyl (C=O) groups is 2. The first-order chi connectivity index (χ1) is 18.4. The molecule has 1 atom stereocenters. The first kappa shape index (κ1) is 30.2. The molecule has 0 aliphatic heterocycles. The lowest BCUT2D eigenvalue weighted by atomic mass is 10.0. The maximum atomic E-state index is 14.1. The van der Waals surface area contributed by atoms with Crippen LogP contribution < -0.4 is 9.62 Å². The zero-order chi connectivity index (χ0) is 28.7. The summed E-state index contributed by atoms with van der Waals surface area (Å²) in [7, 11) is -3.83. The minimum Gasteiger partial charge on any atom is -0.352 e. The molecule has 3 aromatic rings. The van der Waals surface area contributed by atoms with Crippen LogP contribution in [0.3, 0.4) is 0 Å². The fourth-order valence-corrected chi connectivity index (χ4v) is 5.53. The standard InChI is InChI=1S/C30H36ClN3O4S/c1-21(2)32-30(36)28(18-24-11-7-6-8-12-24)33(19-25-13-9-10-14-26(25)31)29(35)20-34(39(5,37)38)27-16-15-22(3)17-23(27)4/h6-17,21,28H,18-20H2,1-5H3,(H,32,36). The van der Waals surface area contributed by atoms with Gasteiger partial charge in [0.05, 0.1) is 11.9 Å². The van der Waals surface area contributed by atoms with Crippen molar-refractivity contribution in [1.29, 1.82) is 0 Å². The number of aryl methyl sites for hydroxylation is 2. The van der Waals surface area contributed by atoms with Crippen LogP contribution in [0.4, 0.5) is 5.69 Å². The highest BCUT2D eigenvalue weighted by Gasteiger charge is 2.33. The molecule has 7 nitrogen and oxygen atoms in total. The van der Waals surface area contributed by atoms with Gasteiger partial charge in [0, 0.05) is 24.0 Å². The molecule has 0 aliphatic carbocycles. The Morgan fingerprint density at radius 2 is 1.59 bits per heavy atom. The molecule has 0 fully saturated rings. The van der Waals surface area contributed by atoms with Crippen molar-refractivity contribution in [2.75, 3.05) is 17.1 Å². The molecule has 1 N–H and O–H groups in total. The van der Waals surface area contributed by atoms with Gasteiger partial charge in [-0.2, -0.15) is 0 Å². The highest BCUT2D eigenvalue weighted by molar-refractivity contribution is 7.92. The molecule has 0 spiro atoms. The third kappa shape index (κ3) is 8.31.